The molecule has 0 aliphatic carbocycles. The van der Waals surface area contributed by atoms with Crippen molar-refractivity contribution in [3.05, 3.63) is 28.2 Å². The van der Waals surface area contributed by atoms with Crippen LogP contribution in [0.15, 0.2) is 23.4 Å². The van der Waals surface area contributed by atoms with Crippen molar-refractivity contribution in [2.45, 2.75) is 31.5 Å². The van der Waals surface area contributed by atoms with Crippen LogP contribution < -0.4 is 16.5 Å². The fourth-order valence-electron chi connectivity index (χ4n) is 1.89. The number of nitrogens with two attached hydrogens (primary N) is 1. The van der Waals surface area contributed by atoms with E-state index in [1.54, 1.807) is 18.2 Å². The Balaban J connectivity index is 2.01. The van der Waals surface area contributed by atoms with Gasteiger partial charge in [0.1, 0.15) is 0 Å². The Morgan fingerprint density at radius 1 is 1.27 bits per heavy atom. The van der Waals surface area contributed by atoms with Crippen molar-refractivity contribution in [3.8, 4) is 11.4 Å². The lowest BCUT2D eigenvalue weighted by Crippen LogP contribution is -2.48. The summed E-state index contributed by atoms with van der Waals surface area (Å²) in [4.78, 5) is 23.5. The highest BCUT2D eigenvalue weighted by molar-refractivity contribution is 7.99. The van der Waals surface area contributed by atoms with Crippen LogP contribution in [0.4, 0.5) is 4.79 Å². The molecular weight excluding hydrogens is 399 g/mol. The van der Waals surface area contributed by atoms with Gasteiger partial charge in [0, 0.05) is 16.1 Å². The number of hydrogen-bond donors (Lipinski definition) is 3. The summed E-state index contributed by atoms with van der Waals surface area (Å²) >= 11 is 13.1. The van der Waals surface area contributed by atoms with Gasteiger partial charge in [-0.3, -0.25) is 10.1 Å². The summed E-state index contributed by atoms with van der Waals surface area (Å²) in [5, 5.41) is 14.0. The Labute approximate surface area is 164 Å². The zero-order valence-corrected chi connectivity index (χ0v) is 16.7. The van der Waals surface area contributed by atoms with Gasteiger partial charge in [0.05, 0.1) is 10.8 Å². The van der Waals surface area contributed by atoms with Gasteiger partial charge in [-0.25, -0.2) is 9.47 Å². The first-order valence-electron chi connectivity index (χ1n) is 7.47. The number of amides is 3. The Kier molecular flexibility index (Phi) is 6.38. The lowest BCUT2D eigenvalue weighted by Gasteiger charge is -2.20. The Bertz CT molecular complexity index is 834. The molecule has 1 aromatic carbocycles. The number of hydrogen-bond acceptors (Lipinski definition) is 6. The highest BCUT2D eigenvalue weighted by atomic mass is 35.5. The van der Waals surface area contributed by atoms with E-state index < -0.39 is 17.5 Å². The van der Waals surface area contributed by atoms with Crippen LogP contribution in [0.5, 0.6) is 0 Å². The summed E-state index contributed by atoms with van der Waals surface area (Å²) in [5.41, 5.74) is 0.0788. The zero-order chi connectivity index (χ0) is 19.5. The number of nitrogens with one attached hydrogen (secondary N) is 2. The Morgan fingerprint density at radius 3 is 2.62 bits per heavy atom. The highest BCUT2D eigenvalue weighted by Crippen LogP contribution is 2.30. The summed E-state index contributed by atoms with van der Waals surface area (Å²) in [5.74, 6) is 5.75. The second kappa shape index (κ2) is 8.15. The van der Waals surface area contributed by atoms with Gasteiger partial charge in [-0.05, 0) is 39.0 Å². The molecule has 26 heavy (non-hydrogen) atoms. The van der Waals surface area contributed by atoms with Crippen LogP contribution in [0, 0.1) is 0 Å². The number of carbonyl (C=O) groups excluding carboxylic acids is 2. The van der Waals surface area contributed by atoms with Gasteiger partial charge in [0.2, 0.25) is 11.1 Å². The van der Waals surface area contributed by atoms with Crippen LogP contribution in [0.2, 0.25) is 10.0 Å². The maximum atomic E-state index is 11.9. The monoisotopic (exact) mass is 416 g/mol. The van der Waals surface area contributed by atoms with E-state index in [9.17, 15) is 9.59 Å². The summed E-state index contributed by atoms with van der Waals surface area (Å²) in [6.45, 7) is 5.43. The summed E-state index contributed by atoms with van der Waals surface area (Å²) < 4.78 is 1.21. The number of benzene rings is 1. The third kappa shape index (κ3) is 5.52. The summed E-state index contributed by atoms with van der Waals surface area (Å²) in [6.07, 6.45) is 0. The van der Waals surface area contributed by atoms with Crippen LogP contribution >= 0.6 is 35.0 Å². The van der Waals surface area contributed by atoms with E-state index in [0.29, 0.717) is 26.6 Å². The van der Waals surface area contributed by atoms with Gasteiger partial charge in [-0.2, -0.15) is 0 Å². The van der Waals surface area contributed by atoms with Crippen molar-refractivity contribution in [1.82, 2.24) is 25.5 Å². The largest absolute Gasteiger partial charge is 0.335 e. The van der Waals surface area contributed by atoms with Gasteiger partial charge >= 0.3 is 6.03 Å². The minimum atomic E-state index is -0.566. The van der Waals surface area contributed by atoms with Gasteiger partial charge < -0.3 is 11.2 Å². The van der Waals surface area contributed by atoms with E-state index in [4.69, 9.17) is 29.0 Å². The molecule has 0 fully saturated rings. The first-order valence-corrected chi connectivity index (χ1v) is 9.21. The molecule has 0 unspecified atom stereocenters. The molecule has 11 heteroatoms. The van der Waals surface area contributed by atoms with E-state index in [1.165, 1.54) is 4.68 Å². The maximum absolute atomic E-state index is 11.9. The lowest BCUT2D eigenvalue weighted by atomic mass is 10.1. The molecule has 0 saturated heterocycles. The number of nitrogens with zero attached hydrogens (tertiary/aromatic N) is 3. The van der Waals surface area contributed by atoms with Gasteiger partial charge in [0.25, 0.3) is 0 Å². The molecule has 2 aromatic rings. The van der Waals surface area contributed by atoms with E-state index in [-0.39, 0.29) is 5.75 Å². The van der Waals surface area contributed by atoms with E-state index in [1.807, 2.05) is 20.8 Å². The molecule has 0 aliphatic rings. The number of thioether (sulfide) groups is 1. The summed E-state index contributed by atoms with van der Waals surface area (Å²) in [6, 6.07) is 4.33. The SMILES string of the molecule is CC(C)(C)NC(=O)NC(=O)CSc1nnc(-c2cc(Cl)ccc2Cl)n1N. The van der Waals surface area contributed by atoms with Crippen LogP contribution in [-0.2, 0) is 4.79 Å². The average Bonchev–Trinajstić information content (AvgIpc) is 2.86. The van der Waals surface area contributed by atoms with Crippen molar-refractivity contribution >= 4 is 46.9 Å². The van der Waals surface area contributed by atoms with Crippen LogP contribution in [0.3, 0.4) is 0 Å². The first-order chi connectivity index (χ1) is 12.1. The smallest absolute Gasteiger partial charge is 0.321 e. The molecule has 140 valence electrons. The predicted octanol–water partition coefficient (Wildman–Crippen LogP) is 2.68. The Morgan fingerprint density at radius 2 is 1.96 bits per heavy atom. The molecule has 0 atom stereocenters. The molecular formula is C15H18Cl2N6O2S. The molecule has 8 nitrogen and oxygen atoms in total. The number of nitrogen functional groups attached to an aromatic ring is 1. The number of aromatic nitrogens is 3. The van der Waals surface area contributed by atoms with Crippen LogP contribution in [-0.4, -0.2) is 38.1 Å². The topological polar surface area (TPSA) is 115 Å². The fraction of sp³-hybridized carbons (Fsp3) is 0.333. The molecule has 0 radical (unpaired) electrons. The van der Waals surface area contributed by atoms with E-state index in [0.717, 1.165) is 11.8 Å². The van der Waals surface area contributed by atoms with Gasteiger partial charge in [-0.1, -0.05) is 35.0 Å². The number of halogens is 2. The molecule has 4 N–H and O–H groups in total. The van der Waals surface area contributed by atoms with Crippen LogP contribution in [0.25, 0.3) is 11.4 Å². The number of carbonyl (C=O) groups is 2. The van der Waals surface area contributed by atoms with Crippen molar-refractivity contribution in [1.29, 1.82) is 0 Å². The number of imide groups is 1. The van der Waals surface area contributed by atoms with Crippen molar-refractivity contribution in [2.24, 2.45) is 0 Å². The Hall–Kier alpha value is -1.97. The normalized spacial score (nSPS) is 11.3. The third-order valence-electron chi connectivity index (χ3n) is 2.91. The molecule has 3 amide bonds. The predicted molar refractivity (Wildman–Crippen MR) is 103 cm³/mol. The lowest BCUT2D eigenvalue weighted by molar-refractivity contribution is -0.117. The van der Waals surface area contributed by atoms with Gasteiger partial charge in [-0.15, -0.1) is 10.2 Å². The molecule has 2 rings (SSSR count). The summed E-state index contributed by atoms with van der Waals surface area (Å²) in [7, 11) is 0. The molecule has 0 aliphatic heterocycles. The molecule has 0 bridgehead atoms. The molecule has 0 spiro atoms. The van der Waals surface area contributed by atoms with Gasteiger partial charge in [0.15, 0.2) is 5.82 Å². The second-order valence-corrected chi connectivity index (χ2v) is 8.13. The van der Waals surface area contributed by atoms with Crippen LogP contribution in [0.1, 0.15) is 20.8 Å². The quantitative estimate of drug-likeness (QED) is 0.521. The molecule has 1 heterocycles. The fourth-order valence-corrected chi connectivity index (χ4v) is 2.92. The number of rotatable bonds is 4. The molecule has 0 saturated carbocycles. The van der Waals surface area contributed by atoms with Crippen molar-refractivity contribution < 1.29 is 9.59 Å². The van der Waals surface area contributed by atoms with Crippen molar-refractivity contribution in [3.63, 3.8) is 0 Å². The minimum Gasteiger partial charge on any atom is -0.335 e. The first kappa shape index (κ1) is 20.3. The van der Waals surface area contributed by atoms with E-state index >= 15 is 0 Å². The van der Waals surface area contributed by atoms with E-state index in [2.05, 4.69) is 20.8 Å². The van der Waals surface area contributed by atoms with Crippen molar-refractivity contribution in [2.75, 3.05) is 11.6 Å². The number of urea groups is 1. The maximum Gasteiger partial charge on any atom is 0.321 e. The highest BCUT2D eigenvalue weighted by Gasteiger charge is 2.18. The third-order valence-corrected chi connectivity index (χ3v) is 4.42. The minimum absolute atomic E-state index is 0.0594. The average molecular weight is 417 g/mol. The standard InChI is InChI=1S/C15H18Cl2N6O2S/c1-15(2,3)20-13(25)19-11(24)7-26-14-22-21-12(23(14)18)9-6-8(16)4-5-10(9)17/h4-6H,7,18H2,1-3H3,(H2,19,20,24,25). The zero-order valence-electron chi connectivity index (χ0n) is 14.3. The molecule has 1 aromatic heterocycles. The second-order valence-electron chi connectivity index (χ2n) is 6.34.